The van der Waals surface area contributed by atoms with Crippen LogP contribution < -0.4 is 0 Å². The Morgan fingerprint density at radius 3 is 2.20 bits per heavy atom. The maximum absolute atomic E-state index is 12.8. The van der Waals surface area contributed by atoms with Crippen LogP contribution in [0.5, 0.6) is 0 Å². The van der Waals surface area contributed by atoms with Gasteiger partial charge >= 0.3 is 0 Å². The van der Waals surface area contributed by atoms with Crippen LogP contribution in [0.4, 0.5) is 0 Å². The smallest absolute Gasteiger partial charge is 0.254 e. The molecule has 134 valence electrons. The first-order chi connectivity index (χ1) is 11.7. The predicted molar refractivity (Wildman–Crippen MR) is 99.3 cm³/mol. The number of hydrogen-bond donors (Lipinski definition) is 0. The molecule has 7 heteroatoms. The van der Waals surface area contributed by atoms with Gasteiger partial charge in [0.25, 0.3) is 5.91 Å². The van der Waals surface area contributed by atoms with Gasteiger partial charge in [0.1, 0.15) is 4.90 Å². The summed E-state index contributed by atoms with van der Waals surface area (Å²) >= 11 is 6.04. The van der Waals surface area contributed by atoms with Crippen molar-refractivity contribution in [1.82, 2.24) is 9.21 Å². The SMILES string of the molecule is CC(c1ccccc1)N(C)C(=O)c1ccc(Cl)c(S(=O)(=O)N(C)C)c1. The lowest BCUT2D eigenvalue weighted by Crippen LogP contribution is -2.30. The maximum Gasteiger partial charge on any atom is 0.254 e. The number of benzene rings is 2. The van der Waals surface area contributed by atoms with Crippen LogP contribution in [0.1, 0.15) is 28.9 Å². The van der Waals surface area contributed by atoms with Gasteiger partial charge in [0, 0.05) is 26.7 Å². The van der Waals surface area contributed by atoms with Crippen molar-refractivity contribution in [3.8, 4) is 0 Å². The van der Waals surface area contributed by atoms with Crippen LogP contribution in [0.25, 0.3) is 0 Å². The summed E-state index contributed by atoms with van der Waals surface area (Å²) in [4.78, 5) is 14.3. The van der Waals surface area contributed by atoms with Crippen LogP contribution in [0.3, 0.4) is 0 Å². The van der Waals surface area contributed by atoms with E-state index in [0.29, 0.717) is 0 Å². The Kier molecular flexibility index (Phi) is 5.87. The van der Waals surface area contributed by atoms with Gasteiger partial charge in [-0.2, -0.15) is 0 Å². The fourth-order valence-electron chi connectivity index (χ4n) is 2.37. The van der Waals surface area contributed by atoms with Crippen LogP contribution in [0.15, 0.2) is 53.4 Å². The third kappa shape index (κ3) is 4.03. The number of nitrogens with zero attached hydrogens (tertiary/aromatic N) is 2. The lowest BCUT2D eigenvalue weighted by molar-refractivity contribution is 0.0742. The Balaban J connectivity index is 2.37. The molecule has 0 bridgehead atoms. The zero-order valence-electron chi connectivity index (χ0n) is 14.6. The monoisotopic (exact) mass is 380 g/mol. The first kappa shape index (κ1) is 19.4. The van der Waals surface area contributed by atoms with E-state index in [1.165, 1.54) is 32.3 Å². The van der Waals surface area contributed by atoms with Gasteiger partial charge in [0.15, 0.2) is 0 Å². The third-order valence-electron chi connectivity index (χ3n) is 4.12. The second kappa shape index (κ2) is 7.56. The van der Waals surface area contributed by atoms with Gasteiger partial charge in [-0.3, -0.25) is 4.79 Å². The number of sulfonamides is 1. The minimum atomic E-state index is -3.73. The molecule has 0 fully saturated rings. The number of carbonyl (C=O) groups excluding carboxylic acids is 1. The van der Waals surface area contributed by atoms with Crippen molar-refractivity contribution in [2.45, 2.75) is 17.9 Å². The second-order valence-electron chi connectivity index (χ2n) is 5.94. The largest absolute Gasteiger partial charge is 0.335 e. The fourth-order valence-corrected chi connectivity index (χ4v) is 3.76. The molecule has 1 unspecified atom stereocenters. The molecule has 1 atom stereocenters. The molecule has 2 aromatic carbocycles. The number of carbonyl (C=O) groups is 1. The summed E-state index contributed by atoms with van der Waals surface area (Å²) in [5.41, 5.74) is 1.27. The fraction of sp³-hybridized carbons (Fsp3) is 0.278. The van der Waals surface area contributed by atoms with E-state index < -0.39 is 10.0 Å². The lowest BCUT2D eigenvalue weighted by atomic mass is 10.1. The Bertz CT molecular complexity index is 867. The van der Waals surface area contributed by atoms with E-state index in [4.69, 9.17) is 11.6 Å². The Morgan fingerprint density at radius 1 is 1.04 bits per heavy atom. The summed E-state index contributed by atoms with van der Waals surface area (Å²) in [5, 5.41) is 0.0870. The first-order valence-electron chi connectivity index (χ1n) is 7.70. The molecule has 0 saturated carbocycles. The zero-order chi connectivity index (χ0) is 18.8. The predicted octanol–water partition coefficient (Wildman–Crippen LogP) is 3.42. The van der Waals surface area contributed by atoms with Crippen LogP contribution in [0.2, 0.25) is 5.02 Å². The number of hydrogen-bond acceptors (Lipinski definition) is 3. The van der Waals surface area contributed by atoms with Crippen molar-refractivity contribution in [2.75, 3.05) is 21.1 Å². The standard InChI is InChI=1S/C18H21ClN2O3S/c1-13(14-8-6-5-7-9-14)21(4)18(22)15-10-11-16(19)17(12-15)25(23,24)20(2)3/h5-13H,1-4H3. The molecule has 0 aliphatic carbocycles. The van der Waals surface area contributed by atoms with Gasteiger partial charge in [-0.05, 0) is 30.7 Å². The van der Waals surface area contributed by atoms with Crippen molar-refractivity contribution < 1.29 is 13.2 Å². The highest BCUT2D eigenvalue weighted by atomic mass is 35.5. The summed E-state index contributed by atoms with van der Waals surface area (Å²) in [6.07, 6.45) is 0. The molecular formula is C18H21ClN2O3S. The molecule has 0 radical (unpaired) electrons. The van der Waals surface area contributed by atoms with Crippen molar-refractivity contribution in [3.05, 3.63) is 64.7 Å². The molecule has 0 aliphatic rings. The normalized spacial score (nSPS) is 12.9. The summed E-state index contributed by atoms with van der Waals surface area (Å²) in [6.45, 7) is 1.92. The van der Waals surface area contributed by atoms with E-state index in [9.17, 15) is 13.2 Å². The van der Waals surface area contributed by atoms with E-state index >= 15 is 0 Å². The minimum absolute atomic E-state index is 0.0780. The number of halogens is 1. The zero-order valence-corrected chi connectivity index (χ0v) is 16.2. The average Bonchev–Trinajstić information content (AvgIpc) is 2.60. The maximum atomic E-state index is 12.8. The van der Waals surface area contributed by atoms with Crippen LogP contribution in [0, 0.1) is 0 Å². The van der Waals surface area contributed by atoms with E-state index in [2.05, 4.69) is 0 Å². The van der Waals surface area contributed by atoms with E-state index in [1.807, 2.05) is 37.3 Å². The Hall–Kier alpha value is -1.89. The van der Waals surface area contributed by atoms with Gasteiger partial charge < -0.3 is 4.90 Å². The van der Waals surface area contributed by atoms with Gasteiger partial charge in [-0.15, -0.1) is 0 Å². The first-order valence-corrected chi connectivity index (χ1v) is 9.52. The number of amides is 1. The van der Waals surface area contributed by atoms with Crippen molar-refractivity contribution in [1.29, 1.82) is 0 Å². The van der Waals surface area contributed by atoms with Gasteiger partial charge in [0.2, 0.25) is 10.0 Å². The summed E-state index contributed by atoms with van der Waals surface area (Å²) in [5.74, 6) is -0.275. The van der Waals surface area contributed by atoms with E-state index in [1.54, 1.807) is 11.9 Å². The second-order valence-corrected chi connectivity index (χ2v) is 8.46. The summed E-state index contributed by atoms with van der Waals surface area (Å²) < 4.78 is 25.8. The van der Waals surface area contributed by atoms with Gasteiger partial charge in [-0.1, -0.05) is 41.9 Å². The van der Waals surface area contributed by atoms with Crippen molar-refractivity contribution in [3.63, 3.8) is 0 Å². The van der Waals surface area contributed by atoms with Crippen LogP contribution in [-0.4, -0.2) is 44.7 Å². The van der Waals surface area contributed by atoms with Crippen molar-refractivity contribution >= 4 is 27.5 Å². The molecule has 0 heterocycles. The van der Waals surface area contributed by atoms with E-state index in [-0.39, 0.29) is 27.4 Å². The lowest BCUT2D eigenvalue weighted by Gasteiger charge is -2.26. The highest BCUT2D eigenvalue weighted by molar-refractivity contribution is 7.89. The Morgan fingerprint density at radius 2 is 1.64 bits per heavy atom. The van der Waals surface area contributed by atoms with Gasteiger partial charge in [-0.25, -0.2) is 12.7 Å². The molecule has 2 rings (SSSR count). The van der Waals surface area contributed by atoms with Crippen LogP contribution in [-0.2, 0) is 10.0 Å². The Labute approximate surface area is 153 Å². The topological polar surface area (TPSA) is 57.7 Å². The molecule has 5 nitrogen and oxygen atoms in total. The summed E-state index contributed by atoms with van der Waals surface area (Å²) in [6, 6.07) is 13.8. The quantitative estimate of drug-likeness (QED) is 0.798. The molecular weight excluding hydrogens is 360 g/mol. The molecule has 0 spiro atoms. The average molecular weight is 381 g/mol. The van der Waals surface area contributed by atoms with Gasteiger partial charge in [0.05, 0.1) is 11.1 Å². The minimum Gasteiger partial charge on any atom is -0.335 e. The molecule has 25 heavy (non-hydrogen) atoms. The molecule has 0 aromatic heterocycles. The molecule has 2 aromatic rings. The molecule has 0 N–H and O–H groups in total. The highest BCUT2D eigenvalue weighted by Crippen LogP contribution is 2.27. The third-order valence-corrected chi connectivity index (χ3v) is 6.42. The van der Waals surface area contributed by atoms with E-state index in [0.717, 1.165) is 9.87 Å². The number of rotatable bonds is 5. The molecule has 0 saturated heterocycles. The molecule has 1 amide bonds. The summed E-state index contributed by atoms with van der Waals surface area (Å²) in [7, 11) is 0.799. The highest BCUT2D eigenvalue weighted by Gasteiger charge is 2.24. The molecule has 0 aliphatic heterocycles. The van der Waals surface area contributed by atoms with Crippen molar-refractivity contribution in [2.24, 2.45) is 0 Å². The van der Waals surface area contributed by atoms with Crippen LogP contribution >= 0.6 is 11.6 Å².